The first-order valence-electron chi connectivity index (χ1n) is 13.8. The molecular weight excluding hydrogens is 504 g/mol. The van der Waals surface area contributed by atoms with E-state index in [2.05, 4.69) is 0 Å². The van der Waals surface area contributed by atoms with Crippen molar-refractivity contribution in [3.63, 3.8) is 0 Å². The highest BCUT2D eigenvalue weighted by Gasteiger charge is 2.53. The van der Waals surface area contributed by atoms with E-state index in [0.29, 0.717) is 24.2 Å². The molecule has 3 atom stereocenters. The van der Waals surface area contributed by atoms with Crippen molar-refractivity contribution in [1.82, 2.24) is 14.7 Å². The number of piperidine rings is 1. The molecule has 0 saturated carbocycles. The van der Waals surface area contributed by atoms with Gasteiger partial charge in [-0.15, -0.1) is 0 Å². The molecule has 3 aromatic carbocycles. The lowest BCUT2D eigenvalue weighted by Crippen LogP contribution is -2.72. The molecule has 8 nitrogen and oxygen atoms in total. The van der Waals surface area contributed by atoms with Gasteiger partial charge in [-0.2, -0.15) is 0 Å². The first-order valence-corrected chi connectivity index (χ1v) is 13.8. The summed E-state index contributed by atoms with van der Waals surface area (Å²) >= 11 is 0. The first-order chi connectivity index (χ1) is 19.2. The van der Waals surface area contributed by atoms with Crippen LogP contribution in [-0.4, -0.2) is 69.6 Å². The van der Waals surface area contributed by atoms with Crippen LogP contribution in [0.2, 0.25) is 0 Å². The number of carbonyl (C=O) groups is 3. The van der Waals surface area contributed by atoms with E-state index in [4.69, 9.17) is 0 Å². The quantitative estimate of drug-likeness (QED) is 0.435. The van der Waals surface area contributed by atoms with Crippen LogP contribution in [-0.2, 0) is 10.3 Å². The maximum Gasteiger partial charge on any atom is 0.329 e. The monoisotopic (exact) mass is 540 g/mol. The number of benzene rings is 3. The largest absolute Gasteiger partial charge is 0.480 e. The second-order valence-electron chi connectivity index (χ2n) is 11.1. The van der Waals surface area contributed by atoms with Crippen LogP contribution in [0.1, 0.15) is 38.7 Å². The molecule has 3 aromatic rings. The van der Waals surface area contributed by atoms with Crippen molar-refractivity contribution in [1.29, 1.82) is 0 Å². The lowest BCUT2D eigenvalue weighted by Gasteiger charge is -2.55. The predicted octanol–water partition coefficient (Wildman–Crippen LogP) is 5.92. The number of hydrogen-bond donors (Lipinski definition) is 1. The lowest BCUT2D eigenvalue weighted by atomic mass is 9.85. The van der Waals surface area contributed by atoms with Crippen molar-refractivity contribution in [2.24, 2.45) is 0 Å². The van der Waals surface area contributed by atoms with Crippen molar-refractivity contribution < 1.29 is 19.5 Å². The van der Waals surface area contributed by atoms with Gasteiger partial charge in [0.25, 0.3) is 0 Å². The van der Waals surface area contributed by atoms with Crippen molar-refractivity contribution in [2.45, 2.75) is 56.8 Å². The summed E-state index contributed by atoms with van der Waals surface area (Å²) in [6.45, 7) is 4.12. The Hall–Kier alpha value is -4.33. The first kappa shape index (κ1) is 27.2. The fourth-order valence-electron chi connectivity index (χ4n) is 6.05. The molecule has 40 heavy (non-hydrogen) atoms. The van der Waals surface area contributed by atoms with Crippen LogP contribution >= 0.6 is 0 Å². The summed E-state index contributed by atoms with van der Waals surface area (Å²) in [6, 6.07) is 25.6. The number of hydrogen-bond acceptors (Lipinski definition) is 3. The van der Waals surface area contributed by atoms with Crippen molar-refractivity contribution in [3.8, 4) is 0 Å². The Morgan fingerprint density at radius 2 is 1.32 bits per heavy atom. The Balaban J connectivity index is 1.49. The van der Waals surface area contributed by atoms with Gasteiger partial charge < -0.3 is 19.8 Å². The molecule has 0 aliphatic carbocycles. The van der Waals surface area contributed by atoms with Gasteiger partial charge in [0.1, 0.15) is 0 Å². The SMILES string of the molecule is CN(C(=O)N1[C@H]2CCC[C@@H]1[C@@H](C(=O)O)N(C(=O)N(c1ccccc1)c1ccccc1)C2)C(C)(C)c1ccccc1. The van der Waals surface area contributed by atoms with Crippen molar-refractivity contribution >= 4 is 29.4 Å². The van der Waals surface area contributed by atoms with Gasteiger partial charge in [-0.25, -0.2) is 14.4 Å². The average Bonchev–Trinajstić information content (AvgIpc) is 2.97. The van der Waals surface area contributed by atoms with Gasteiger partial charge in [0, 0.05) is 13.6 Å². The van der Waals surface area contributed by atoms with Crippen LogP contribution in [0.3, 0.4) is 0 Å². The Morgan fingerprint density at radius 1 is 0.800 bits per heavy atom. The minimum absolute atomic E-state index is 0.147. The second kappa shape index (κ2) is 11.0. The summed E-state index contributed by atoms with van der Waals surface area (Å²) in [5, 5.41) is 10.5. The van der Waals surface area contributed by atoms with Crippen molar-refractivity contribution in [3.05, 3.63) is 96.6 Å². The maximum absolute atomic E-state index is 14.3. The van der Waals surface area contributed by atoms with Gasteiger partial charge in [0.2, 0.25) is 0 Å². The third-order valence-corrected chi connectivity index (χ3v) is 8.44. The van der Waals surface area contributed by atoms with Gasteiger partial charge in [0.15, 0.2) is 6.04 Å². The summed E-state index contributed by atoms with van der Waals surface area (Å²) in [7, 11) is 1.77. The van der Waals surface area contributed by atoms with Crippen LogP contribution in [0.5, 0.6) is 0 Å². The number of carboxylic acid groups (broad SMARTS) is 1. The number of urea groups is 2. The molecule has 5 rings (SSSR count). The molecule has 0 radical (unpaired) electrons. The number of carboxylic acids is 1. The van der Waals surface area contributed by atoms with Gasteiger partial charge in [0.05, 0.1) is 29.0 Å². The van der Waals surface area contributed by atoms with E-state index in [1.807, 2.05) is 105 Å². The highest BCUT2D eigenvalue weighted by atomic mass is 16.4. The van der Waals surface area contributed by atoms with E-state index in [0.717, 1.165) is 12.0 Å². The third kappa shape index (κ3) is 4.90. The molecule has 2 aliphatic rings. The number of piperazine rings is 1. The number of amides is 4. The molecule has 208 valence electrons. The molecule has 0 unspecified atom stereocenters. The zero-order valence-corrected chi connectivity index (χ0v) is 23.2. The van der Waals surface area contributed by atoms with Gasteiger partial charge in [-0.05, 0) is 62.9 Å². The van der Waals surface area contributed by atoms with E-state index < -0.39 is 29.6 Å². The van der Waals surface area contributed by atoms with E-state index >= 15 is 0 Å². The minimum Gasteiger partial charge on any atom is -0.480 e. The fourth-order valence-corrected chi connectivity index (χ4v) is 6.05. The average molecular weight is 541 g/mol. The standard InChI is InChI=1S/C32H36N4O4/c1-32(2,23-14-7-4-8-15-23)33(3)30(39)36-26-20-13-21-27(36)28(29(37)38)34(22-26)31(40)35(24-16-9-5-10-17-24)25-18-11-6-12-19-25/h4-12,14-19,26-28H,13,20-22H2,1-3H3,(H,37,38)/t26-,27+,28-/m0/s1. The highest BCUT2D eigenvalue weighted by Crippen LogP contribution is 2.38. The number of anilines is 2. The smallest absolute Gasteiger partial charge is 0.329 e. The molecule has 2 saturated heterocycles. The number of aliphatic carboxylic acids is 1. The second-order valence-corrected chi connectivity index (χ2v) is 11.1. The summed E-state index contributed by atoms with van der Waals surface area (Å²) in [5.74, 6) is -1.11. The molecule has 2 fully saturated rings. The number of likely N-dealkylation sites (tertiary alicyclic amines) is 1. The Labute approximate surface area is 235 Å². The summed E-state index contributed by atoms with van der Waals surface area (Å²) in [5.41, 5.74) is 1.67. The lowest BCUT2D eigenvalue weighted by molar-refractivity contribution is -0.149. The topological polar surface area (TPSA) is 84.4 Å². The van der Waals surface area contributed by atoms with Gasteiger partial charge >= 0.3 is 18.0 Å². The van der Waals surface area contributed by atoms with E-state index in [-0.39, 0.29) is 18.6 Å². The Bertz CT molecular complexity index is 1310. The molecule has 4 amide bonds. The number of rotatable bonds is 5. The normalized spacial score (nSPS) is 20.5. The summed E-state index contributed by atoms with van der Waals surface area (Å²) in [4.78, 5) is 47.7. The predicted molar refractivity (Wildman–Crippen MR) is 154 cm³/mol. The maximum atomic E-state index is 14.3. The van der Waals surface area contributed by atoms with Crippen LogP contribution < -0.4 is 4.90 Å². The van der Waals surface area contributed by atoms with E-state index in [1.165, 1.54) is 4.90 Å². The van der Waals surface area contributed by atoms with Gasteiger partial charge in [-0.1, -0.05) is 66.7 Å². The van der Waals surface area contributed by atoms with E-state index in [1.54, 1.807) is 21.7 Å². The number of carbonyl (C=O) groups excluding carboxylic acids is 2. The van der Waals surface area contributed by atoms with E-state index in [9.17, 15) is 19.5 Å². The minimum atomic E-state index is -1.17. The van der Waals surface area contributed by atoms with Crippen LogP contribution in [0, 0.1) is 0 Å². The molecule has 2 heterocycles. The summed E-state index contributed by atoms with van der Waals surface area (Å²) in [6.07, 6.45) is 2.02. The third-order valence-electron chi connectivity index (χ3n) is 8.44. The van der Waals surface area contributed by atoms with Gasteiger partial charge in [-0.3, -0.25) is 4.90 Å². The molecule has 2 aliphatic heterocycles. The number of fused-ring (bicyclic) bond motifs is 2. The zero-order chi connectivity index (χ0) is 28.4. The van der Waals surface area contributed by atoms with Crippen molar-refractivity contribution in [2.75, 3.05) is 18.5 Å². The van der Waals surface area contributed by atoms with Crippen LogP contribution in [0.25, 0.3) is 0 Å². The molecule has 8 heteroatoms. The fraction of sp³-hybridized carbons (Fsp3) is 0.344. The Morgan fingerprint density at radius 3 is 1.85 bits per heavy atom. The number of para-hydroxylation sites is 2. The molecule has 0 spiro atoms. The Kier molecular flexibility index (Phi) is 7.52. The highest BCUT2D eigenvalue weighted by molar-refractivity contribution is 6.01. The summed E-state index contributed by atoms with van der Waals surface area (Å²) < 4.78 is 0. The molecule has 1 N–H and O–H groups in total. The molecule has 2 bridgehead atoms. The molecule has 0 aromatic heterocycles. The van der Waals surface area contributed by atoms with Crippen LogP contribution in [0.4, 0.5) is 21.0 Å². The molecular formula is C32H36N4O4. The zero-order valence-electron chi connectivity index (χ0n) is 23.2. The van der Waals surface area contributed by atoms with Crippen LogP contribution in [0.15, 0.2) is 91.0 Å². The number of nitrogens with zero attached hydrogens (tertiary/aromatic N) is 4.